The molecule has 7 heteroatoms. The van der Waals surface area contributed by atoms with Crippen LogP contribution < -0.4 is 10.0 Å². The first kappa shape index (κ1) is 20.1. The van der Waals surface area contributed by atoms with Crippen LogP contribution >= 0.6 is 0 Å². The zero-order valence-corrected chi connectivity index (χ0v) is 17.2. The van der Waals surface area contributed by atoms with Crippen molar-refractivity contribution in [3.05, 3.63) is 23.8 Å². The number of nitrogens with two attached hydrogens (primary N) is 1. The van der Waals surface area contributed by atoms with Crippen molar-refractivity contribution in [1.82, 2.24) is 4.90 Å². The van der Waals surface area contributed by atoms with Gasteiger partial charge in [0.2, 0.25) is 15.9 Å². The number of benzene rings is 1. The minimum atomic E-state index is -3.70. The average Bonchev–Trinajstić information content (AvgIpc) is 2.60. The molecule has 1 fully saturated rings. The fraction of sp³-hybridized carbons (Fsp3) is 0.650. The number of primary sulfonamides is 1. The summed E-state index contributed by atoms with van der Waals surface area (Å²) in [6.45, 7) is 7.66. The molecule has 150 valence electrons. The van der Waals surface area contributed by atoms with E-state index >= 15 is 0 Å². The number of anilines is 1. The third-order valence-electron chi connectivity index (χ3n) is 5.64. The second-order valence-electron chi connectivity index (χ2n) is 8.27. The number of piperidine rings is 1. The molecule has 0 atom stereocenters. The quantitative estimate of drug-likeness (QED) is 0.832. The third-order valence-corrected chi connectivity index (χ3v) is 6.63. The van der Waals surface area contributed by atoms with Gasteiger partial charge < -0.3 is 9.80 Å². The molecule has 2 heterocycles. The van der Waals surface area contributed by atoms with Gasteiger partial charge >= 0.3 is 0 Å². The van der Waals surface area contributed by atoms with Gasteiger partial charge in [0, 0.05) is 38.3 Å². The van der Waals surface area contributed by atoms with Crippen LogP contribution in [0.5, 0.6) is 0 Å². The highest BCUT2D eigenvalue weighted by molar-refractivity contribution is 7.89. The van der Waals surface area contributed by atoms with E-state index in [9.17, 15) is 13.2 Å². The average molecular weight is 394 g/mol. The van der Waals surface area contributed by atoms with Crippen LogP contribution in [-0.2, 0) is 21.2 Å². The Kier molecular flexibility index (Phi) is 6.11. The lowest BCUT2D eigenvalue weighted by molar-refractivity contribution is -0.133. The summed E-state index contributed by atoms with van der Waals surface area (Å²) in [7, 11) is -3.70. The van der Waals surface area contributed by atoms with E-state index in [-0.39, 0.29) is 10.8 Å². The number of carbonyl (C=O) groups is 1. The summed E-state index contributed by atoms with van der Waals surface area (Å²) in [6, 6.07) is 5.39. The van der Waals surface area contributed by atoms with Crippen LogP contribution in [0, 0.1) is 11.8 Å². The first-order valence-electron chi connectivity index (χ1n) is 9.93. The highest BCUT2D eigenvalue weighted by Crippen LogP contribution is 2.33. The van der Waals surface area contributed by atoms with Gasteiger partial charge in [-0.05, 0) is 55.2 Å². The van der Waals surface area contributed by atoms with Crippen LogP contribution in [0.3, 0.4) is 0 Å². The van der Waals surface area contributed by atoms with Gasteiger partial charge in [0.1, 0.15) is 0 Å². The largest absolute Gasteiger partial charge is 0.371 e. The third kappa shape index (κ3) is 4.82. The Hall–Kier alpha value is -1.60. The molecule has 0 radical (unpaired) electrons. The number of rotatable bonds is 5. The molecule has 6 nitrogen and oxygen atoms in total. The molecule has 1 saturated heterocycles. The molecular formula is C20H31N3O3S. The van der Waals surface area contributed by atoms with E-state index in [2.05, 4.69) is 18.7 Å². The van der Waals surface area contributed by atoms with Crippen LogP contribution in [0.2, 0.25) is 0 Å². The van der Waals surface area contributed by atoms with Gasteiger partial charge in [-0.1, -0.05) is 19.9 Å². The smallest absolute Gasteiger partial charge is 0.238 e. The first-order chi connectivity index (χ1) is 12.8. The standard InChI is InChI=1S/C20H31N3O3S/c1-15(2)13-20(24)22-11-8-16(9-12-22)14-23-10-4-5-17-18(23)6-3-7-19(17)27(21,25)26/h3,6-7,15-16H,4-5,8-14H2,1-2H3,(H2,21,25,26). The Balaban J connectivity index is 1.65. The van der Waals surface area contributed by atoms with E-state index in [0.717, 1.165) is 63.1 Å². The number of sulfonamides is 1. The molecule has 0 aromatic heterocycles. The Morgan fingerprint density at radius 1 is 1.22 bits per heavy atom. The Bertz CT molecular complexity index is 784. The molecule has 0 spiro atoms. The molecule has 0 saturated carbocycles. The molecule has 0 unspecified atom stereocenters. The number of hydrogen-bond acceptors (Lipinski definition) is 4. The lowest BCUT2D eigenvalue weighted by atomic mass is 9.93. The Morgan fingerprint density at radius 3 is 2.56 bits per heavy atom. The second kappa shape index (κ2) is 8.19. The van der Waals surface area contributed by atoms with E-state index in [1.54, 1.807) is 12.1 Å². The van der Waals surface area contributed by atoms with Gasteiger partial charge in [0.25, 0.3) is 0 Å². The fourth-order valence-electron chi connectivity index (χ4n) is 4.28. The zero-order chi connectivity index (χ0) is 19.6. The van der Waals surface area contributed by atoms with E-state index in [0.29, 0.717) is 18.3 Å². The summed E-state index contributed by atoms with van der Waals surface area (Å²) in [5.41, 5.74) is 1.86. The molecule has 2 N–H and O–H groups in total. The highest BCUT2D eigenvalue weighted by Gasteiger charge is 2.28. The lowest BCUT2D eigenvalue weighted by Gasteiger charge is -2.38. The van der Waals surface area contributed by atoms with Crippen molar-refractivity contribution >= 4 is 21.6 Å². The summed E-state index contributed by atoms with van der Waals surface area (Å²) in [6.07, 6.45) is 4.32. The van der Waals surface area contributed by atoms with Crippen molar-refractivity contribution in [3.8, 4) is 0 Å². The number of nitrogens with zero attached hydrogens (tertiary/aromatic N) is 2. The van der Waals surface area contributed by atoms with Crippen LogP contribution in [0.1, 0.15) is 45.1 Å². The highest BCUT2D eigenvalue weighted by atomic mass is 32.2. The molecule has 27 heavy (non-hydrogen) atoms. The number of carbonyl (C=O) groups excluding carboxylic acids is 1. The van der Waals surface area contributed by atoms with Crippen LogP contribution in [0.25, 0.3) is 0 Å². The minimum absolute atomic E-state index is 0.263. The van der Waals surface area contributed by atoms with Crippen molar-refractivity contribution in [2.24, 2.45) is 17.0 Å². The van der Waals surface area contributed by atoms with E-state index in [4.69, 9.17) is 5.14 Å². The number of fused-ring (bicyclic) bond motifs is 1. The number of hydrogen-bond donors (Lipinski definition) is 1. The van der Waals surface area contributed by atoms with Gasteiger partial charge in [0.15, 0.2) is 0 Å². The number of amides is 1. The maximum absolute atomic E-state index is 12.2. The minimum Gasteiger partial charge on any atom is -0.371 e. The predicted octanol–water partition coefficient (Wildman–Crippen LogP) is 2.37. The van der Waals surface area contributed by atoms with Crippen LogP contribution in [0.15, 0.2) is 23.1 Å². The first-order valence-corrected chi connectivity index (χ1v) is 11.5. The molecule has 0 bridgehead atoms. The van der Waals surface area contributed by atoms with E-state index in [1.165, 1.54) is 0 Å². The zero-order valence-electron chi connectivity index (χ0n) is 16.4. The lowest BCUT2D eigenvalue weighted by Crippen LogP contribution is -2.43. The summed E-state index contributed by atoms with van der Waals surface area (Å²) in [5, 5.41) is 5.40. The summed E-state index contributed by atoms with van der Waals surface area (Å²) in [5.74, 6) is 1.19. The SMILES string of the molecule is CC(C)CC(=O)N1CCC(CN2CCCc3c2cccc3S(N)(=O)=O)CC1. The molecule has 0 aliphatic carbocycles. The Labute approximate surface area is 162 Å². The van der Waals surface area contributed by atoms with Gasteiger partial charge in [-0.15, -0.1) is 0 Å². The van der Waals surface area contributed by atoms with Crippen molar-refractivity contribution in [1.29, 1.82) is 0 Å². The van der Waals surface area contributed by atoms with Gasteiger partial charge in [0.05, 0.1) is 4.90 Å². The molecule has 2 aliphatic heterocycles. The Morgan fingerprint density at radius 2 is 1.93 bits per heavy atom. The van der Waals surface area contributed by atoms with E-state index < -0.39 is 10.0 Å². The normalized spacial score (nSPS) is 18.7. The van der Waals surface area contributed by atoms with Crippen molar-refractivity contribution in [2.75, 3.05) is 31.1 Å². The van der Waals surface area contributed by atoms with Crippen LogP contribution in [0.4, 0.5) is 5.69 Å². The van der Waals surface area contributed by atoms with Gasteiger partial charge in [-0.25, -0.2) is 13.6 Å². The summed E-state index contributed by atoms with van der Waals surface area (Å²) < 4.78 is 23.8. The predicted molar refractivity (Wildman–Crippen MR) is 107 cm³/mol. The van der Waals surface area contributed by atoms with Gasteiger partial charge in [-0.2, -0.15) is 0 Å². The monoisotopic (exact) mass is 393 g/mol. The second-order valence-corrected chi connectivity index (χ2v) is 9.80. The molecule has 2 aliphatic rings. The molecule has 1 aromatic carbocycles. The van der Waals surface area contributed by atoms with Crippen molar-refractivity contribution < 1.29 is 13.2 Å². The maximum Gasteiger partial charge on any atom is 0.238 e. The van der Waals surface area contributed by atoms with Gasteiger partial charge in [-0.3, -0.25) is 4.79 Å². The maximum atomic E-state index is 12.2. The fourth-order valence-corrected chi connectivity index (χ4v) is 5.10. The van der Waals surface area contributed by atoms with Crippen LogP contribution in [-0.4, -0.2) is 45.4 Å². The van der Waals surface area contributed by atoms with Crippen molar-refractivity contribution in [3.63, 3.8) is 0 Å². The molecule has 1 amide bonds. The topological polar surface area (TPSA) is 83.7 Å². The molecule has 1 aromatic rings. The molecular weight excluding hydrogens is 362 g/mol. The number of likely N-dealkylation sites (tertiary alicyclic amines) is 1. The van der Waals surface area contributed by atoms with Crippen molar-refractivity contribution in [2.45, 2.75) is 50.8 Å². The summed E-state index contributed by atoms with van der Waals surface area (Å²) >= 11 is 0. The summed E-state index contributed by atoms with van der Waals surface area (Å²) in [4.78, 5) is 16.8. The van der Waals surface area contributed by atoms with E-state index in [1.807, 2.05) is 11.0 Å². The molecule has 3 rings (SSSR count).